The SMILES string of the molecule is CCCCOC(=O)C1=C(C)Nc2nc(SCc3ccccc3)nn2C1c1ccc(O)cc1. The molecule has 3 aromatic rings. The van der Waals surface area contributed by atoms with Crippen LogP contribution in [0.4, 0.5) is 5.95 Å². The summed E-state index contributed by atoms with van der Waals surface area (Å²) in [5, 5.41) is 18.3. The first-order valence-electron chi connectivity index (χ1n) is 10.6. The van der Waals surface area contributed by atoms with Gasteiger partial charge in [-0.2, -0.15) is 4.98 Å². The van der Waals surface area contributed by atoms with E-state index in [1.54, 1.807) is 28.9 Å². The Balaban J connectivity index is 1.66. The maximum atomic E-state index is 13.0. The molecule has 1 atom stereocenters. The van der Waals surface area contributed by atoms with Crippen molar-refractivity contribution < 1.29 is 14.6 Å². The second-order valence-electron chi connectivity index (χ2n) is 7.58. The van der Waals surface area contributed by atoms with E-state index in [-0.39, 0.29) is 11.7 Å². The summed E-state index contributed by atoms with van der Waals surface area (Å²) in [6, 6.07) is 16.4. The number of nitrogens with zero attached hydrogens (tertiary/aromatic N) is 3. The zero-order valence-electron chi connectivity index (χ0n) is 18.1. The number of phenols is 1. The molecule has 166 valence electrons. The number of esters is 1. The molecule has 4 rings (SSSR count). The highest BCUT2D eigenvalue weighted by Gasteiger charge is 2.35. The van der Waals surface area contributed by atoms with E-state index in [2.05, 4.69) is 29.4 Å². The van der Waals surface area contributed by atoms with Crippen LogP contribution in [0, 0.1) is 0 Å². The summed E-state index contributed by atoms with van der Waals surface area (Å²) in [6.07, 6.45) is 1.75. The fourth-order valence-corrected chi connectivity index (χ4v) is 4.32. The van der Waals surface area contributed by atoms with E-state index >= 15 is 0 Å². The second-order valence-corrected chi connectivity index (χ2v) is 8.53. The standard InChI is InChI=1S/C24H26N4O3S/c1-3-4-14-31-22(30)20-16(2)25-23-26-24(32-15-17-8-6-5-7-9-17)27-28(23)21(20)18-10-12-19(29)13-11-18/h5-13,21,29H,3-4,14-15H2,1-2H3,(H,25,26,27). The molecule has 7 nitrogen and oxygen atoms in total. The molecule has 0 radical (unpaired) electrons. The molecule has 1 aliphatic rings. The second kappa shape index (κ2) is 9.91. The number of carbonyl (C=O) groups is 1. The van der Waals surface area contributed by atoms with Crippen LogP contribution >= 0.6 is 11.8 Å². The molecule has 0 saturated carbocycles. The lowest BCUT2D eigenvalue weighted by atomic mass is 9.96. The van der Waals surface area contributed by atoms with Gasteiger partial charge in [0.2, 0.25) is 11.1 Å². The number of anilines is 1. The number of fused-ring (bicyclic) bond motifs is 1. The van der Waals surface area contributed by atoms with Crippen molar-refractivity contribution in [2.24, 2.45) is 0 Å². The van der Waals surface area contributed by atoms with Crippen LogP contribution in [0.25, 0.3) is 0 Å². The number of benzene rings is 2. The van der Waals surface area contributed by atoms with Crippen molar-refractivity contribution in [1.29, 1.82) is 0 Å². The molecule has 0 bridgehead atoms. The highest BCUT2D eigenvalue weighted by molar-refractivity contribution is 7.98. The number of aromatic hydroxyl groups is 1. The smallest absolute Gasteiger partial charge is 0.338 e. The van der Waals surface area contributed by atoms with Crippen molar-refractivity contribution in [3.8, 4) is 5.75 Å². The van der Waals surface area contributed by atoms with Crippen molar-refractivity contribution in [2.75, 3.05) is 11.9 Å². The van der Waals surface area contributed by atoms with Gasteiger partial charge < -0.3 is 15.2 Å². The number of thioether (sulfide) groups is 1. The molecule has 2 heterocycles. The van der Waals surface area contributed by atoms with Crippen LogP contribution in [0.5, 0.6) is 5.75 Å². The van der Waals surface area contributed by atoms with Gasteiger partial charge in [-0.25, -0.2) is 9.48 Å². The number of carbonyl (C=O) groups excluding carboxylic acids is 1. The van der Waals surface area contributed by atoms with Crippen LogP contribution in [0.3, 0.4) is 0 Å². The summed E-state index contributed by atoms with van der Waals surface area (Å²) in [5.74, 6) is 1.10. The van der Waals surface area contributed by atoms with Gasteiger partial charge in [-0.15, -0.1) is 5.10 Å². The maximum Gasteiger partial charge on any atom is 0.338 e. The van der Waals surface area contributed by atoms with Crippen LogP contribution in [-0.4, -0.2) is 32.4 Å². The molecule has 2 aromatic carbocycles. The van der Waals surface area contributed by atoms with E-state index < -0.39 is 6.04 Å². The molecule has 0 spiro atoms. The molecular formula is C24H26N4O3S. The van der Waals surface area contributed by atoms with Crippen molar-refractivity contribution in [3.05, 3.63) is 77.0 Å². The third-order valence-electron chi connectivity index (χ3n) is 5.20. The number of ether oxygens (including phenoxy) is 1. The van der Waals surface area contributed by atoms with Gasteiger partial charge >= 0.3 is 5.97 Å². The zero-order chi connectivity index (χ0) is 22.5. The molecule has 32 heavy (non-hydrogen) atoms. The first-order valence-corrected chi connectivity index (χ1v) is 11.6. The highest BCUT2D eigenvalue weighted by Crippen LogP contribution is 2.37. The summed E-state index contributed by atoms with van der Waals surface area (Å²) in [4.78, 5) is 17.7. The van der Waals surface area contributed by atoms with Crippen molar-refractivity contribution in [1.82, 2.24) is 14.8 Å². The number of nitrogens with one attached hydrogen (secondary N) is 1. The minimum absolute atomic E-state index is 0.161. The molecule has 1 unspecified atom stereocenters. The molecule has 1 aromatic heterocycles. The Morgan fingerprint density at radius 2 is 1.94 bits per heavy atom. The van der Waals surface area contributed by atoms with Crippen LogP contribution in [0.15, 0.2) is 71.0 Å². The van der Waals surface area contributed by atoms with E-state index in [1.807, 2.05) is 25.1 Å². The van der Waals surface area contributed by atoms with E-state index in [9.17, 15) is 9.90 Å². The van der Waals surface area contributed by atoms with Crippen molar-refractivity contribution in [2.45, 2.75) is 43.6 Å². The van der Waals surface area contributed by atoms with Crippen LogP contribution in [-0.2, 0) is 15.3 Å². The number of rotatable bonds is 8. The van der Waals surface area contributed by atoms with Crippen LogP contribution < -0.4 is 5.32 Å². The molecule has 8 heteroatoms. The summed E-state index contributed by atoms with van der Waals surface area (Å²) >= 11 is 1.54. The largest absolute Gasteiger partial charge is 0.508 e. The first-order chi connectivity index (χ1) is 15.6. The number of aromatic nitrogens is 3. The van der Waals surface area contributed by atoms with Crippen LogP contribution in [0.1, 0.15) is 43.9 Å². The fourth-order valence-electron chi connectivity index (χ4n) is 3.53. The minimum atomic E-state index is -0.500. The Kier molecular flexibility index (Phi) is 6.80. The zero-order valence-corrected chi connectivity index (χ0v) is 18.9. The van der Waals surface area contributed by atoms with Gasteiger partial charge in [0.05, 0.1) is 12.2 Å². The minimum Gasteiger partial charge on any atom is -0.508 e. The molecular weight excluding hydrogens is 424 g/mol. The molecule has 1 aliphatic heterocycles. The number of allylic oxidation sites excluding steroid dienone is 1. The van der Waals surface area contributed by atoms with Gasteiger partial charge in [0.25, 0.3) is 0 Å². The van der Waals surface area contributed by atoms with Gasteiger partial charge in [0.1, 0.15) is 11.8 Å². The van der Waals surface area contributed by atoms with Gasteiger partial charge in [0.15, 0.2) is 0 Å². The van der Waals surface area contributed by atoms with E-state index in [1.165, 1.54) is 17.3 Å². The summed E-state index contributed by atoms with van der Waals surface area (Å²) in [6.45, 7) is 4.27. The molecule has 0 fully saturated rings. The molecule has 0 saturated heterocycles. The highest BCUT2D eigenvalue weighted by atomic mass is 32.2. The first kappa shape index (κ1) is 22.0. The topological polar surface area (TPSA) is 89.3 Å². The Morgan fingerprint density at radius 1 is 1.19 bits per heavy atom. The number of unbranched alkanes of at least 4 members (excludes halogenated alkanes) is 1. The molecule has 0 amide bonds. The normalized spacial score (nSPS) is 15.2. The van der Waals surface area contributed by atoms with Gasteiger partial charge in [0, 0.05) is 11.4 Å². The summed E-state index contributed by atoms with van der Waals surface area (Å²) in [7, 11) is 0. The Labute approximate surface area is 191 Å². The fraction of sp³-hybridized carbons (Fsp3) is 0.292. The quantitative estimate of drug-likeness (QED) is 0.286. The number of hydrogen-bond donors (Lipinski definition) is 2. The maximum absolute atomic E-state index is 13.0. The third kappa shape index (κ3) is 4.80. The van der Waals surface area contributed by atoms with Crippen molar-refractivity contribution in [3.63, 3.8) is 0 Å². The lowest BCUT2D eigenvalue weighted by Crippen LogP contribution is -2.29. The summed E-state index contributed by atoms with van der Waals surface area (Å²) < 4.78 is 7.27. The van der Waals surface area contributed by atoms with E-state index in [4.69, 9.17) is 9.84 Å². The van der Waals surface area contributed by atoms with Crippen molar-refractivity contribution >= 4 is 23.7 Å². The van der Waals surface area contributed by atoms with Gasteiger partial charge in [-0.3, -0.25) is 0 Å². The number of hydrogen-bond acceptors (Lipinski definition) is 7. The van der Waals surface area contributed by atoms with Gasteiger partial charge in [-0.05, 0) is 36.6 Å². The van der Waals surface area contributed by atoms with E-state index in [0.717, 1.165) is 24.2 Å². The monoisotopic (exact) mass is 450 g/mol. The lowest BCUT2D eigenvalue weighted by Gasteiger charge is -2.28. The molecule has 2 N–H and O–H groups in total. The summed E-state index contributed by atoms with van der Waals surface area (Å²) in [5.41, 5.74) is 3.17. The Morgan fingerprint density at radius 3 is 2.66 bits per heavy atom. The van der Waals surface area contributed by atoms with Gasteiger partial charge in [-0.1, -0.05) is 67.6 Å². The average Bonchev–Trinajstić information content (AvgIpc) is 3.20. The molecule has 0 aliphatic carbocycles. The number of phenolic OH excluding ortho intramolecular Hbond substituents is 1. The van der Waals surface area contributed by atoms with Crippen LogP contribution in [0.2, 0.25) is 0 Å². The Bertz CT molecular complexity index is 1110. The average molecular weight is 451 g/mol. The predicted molar refractivity (Wildman–Crippen MR) is 124 cm³/mol. The predicted octanol–water partition coefficient (Wildman–Crippen LogP) is 4.91. The van der Waals surface area contributed by atoms with E-state index in [0.29, 0.717) is 29.0 Å². The Hall–Kier alpha value is -3.26. The third-order valence-corrected chi connectivity index (χ3v) is 6.11. The lowest BCUT2D eigenvalue weighted by molar-refractivity contribution is -0.139.